The van der Waals surface area contributed by atoms with Crippen molar-refractivity contribution in [3.63, 3.8) is 0 Å². The van der Waals surface area contributed by atoms with Gasteiger partial charge in [-0.25, -0.2) is 8.78 Å². The number of phenols is 1. The Labute approximate surface area is 271 Å². The summed E-state index contributed by atoms with van der Waals surface area (Å²) in [5, 5.41) is 15.2. The van der Waals surface area contributed by atoms with Gasteiger partial charge in [0.25, 0.3) is 0 Å². The Bertz CT molecular complexity index is 1900. The molecule has 8 rings (SSSR count). The highest BCUT2D eigenvalue weighted by Crippen LogP contribution is 2.42. The van der Waals surface area contributed by atoms with Gasteiger partial charge in [0.05, 0.1) is 29.2 Å². The zero-order chi connectivity index (χ0) is 32.1. The topological polar surface area (TPSA) is 105 Å². The first kappa shape index (κ1) is 30.2. The molecule has 6 bridgehead atoms. The maximum Gasteiger partial charge on any atom is 0.319 e. The Morgan fingerprint density at radius 1 is 1.11 bits per heavy atom. The fraction of sp³-hybridized carbons (Fsp3) is 0.457. The molecule has 6 heterocycles. The van der Waals surface area contributed by atoms with Gasteiger partial charge in [-0.2, -0.15) is 9.97 Å². The van der Waals surface area contributed by atoms with Crippen LogP contribution in [0.3, 0.4) is 0 Å². The fourth-order valence-corrected chi connectivity index (χ4v) is 7.81. The molecular formula is C35H36F2N6O4. The zero-order valence-electron chi connectivity index (χ0n) is 26.0. The minimum absolute atomic E-state index is 0.0165. The van der Waals surface area contributed by atoms with E-state index in [0.717, 1.165) is 38.8 Å². The van der Waals surface area contributed by atoms with Gasteiger partial charge in [0.1, 0.15) is 35.2 Å². The van der Waals surface area contributed by atoms with Gasteiger partial charge in [0.15, 0.2) is 5.82 Å². The maximum atomic E-state index is 16.9. The van der Waals surface area contributed by atoms with Crippen LogP contribution < -0.4 is 15.0 Å². The van der Waals surface area contributed by atoms with Crippen LogP contribution in [0.4, 0.5) is 14.6 Å². The molecule has 12 heteroatoms. The van der Waals surface area contributed by atoms with Gasteiger partial charge in [0, 0.05) is 62.6 Å². The first-order chi connectivity index (χ1) is 22.9. The van der Waals surface area contributed by atoms with Crippen LogP contribution >= 0.6 is 0 Å². The molecule has 3 fully saturated rings. The number of hydrogen-bond acceptors (Lipinski definition) is 10. The van der Waals surface area contributed by atoms with Crippen molar-refractivity contribution in [1.82, 2.24) is 25.2 Å². The highest BCUT2D eigenvalue weighted by atomic mass is 19.1. The van der Waals surface area contributed by atoms with E-state index in [1.807, 2.05) is 0 Å². The van der Waals surface area contributed by atoms with E-state index in [-0.39, 0.29) is 57.2 Å². The number of halogens is 2. The van der Waals surface area contributed by atoms with E-state index >= 15 is 4.39 Å². The maximum absolute atomic E-state index is 16.9. The molecule has 4 aliphatic heterocycles. The summed E-state index contributed by atoms with van der Waals surface area (Å²) in [4.78, 5) is 18.5. The number of pyridine rings is 1. The minimum atomic E-state index is -0.744. The van der Waals surface area contributed by atoms with E-state index in [4.69, 9.17) is 25.6 Å². The molecular weight excluding hydrogens is 606 g/mol. The number of aromatic nitrogens is 3. The molecule has 0 saturated carbocycles. The van der Waals surface area contributed by atoms with Gasteiger partial charge < -0.3 is 29.5 Å². The molecule has 3 atom stereocenters. The van der Waals surface area contributed by atoms with Crippen molar-refractivity contribution in [2.75, 3.05) is 64.1 Å². The van der Waals surface area contributed by atoms with Crippen LogP contribution in [0.1, 0.15) is 31.2 Å². The molecule has 47 heavy (non-hydrogen) atoms. The predicted octanol–water partition coefficient (Wildman–Crippen LogP) is 4.01. The van der Waals surface area contributed by atoms with Crippen molar-refractivity contribution in [3.8, 4) is 35.4 Å². The van der Waals surface area contributed by atoms with Crippen molar-refractivity contribution in [2.45, 2.75) is 43.4 Å². The van der Waals surface area contributed by atoms with Gasteiger partial charge in [-0.05, 0) is 55.8 Å². The quantitative estimate of drug-likeness (QED) is 0.296. The third kappa shape index (κ3) is 5.41. The highest BCUT2D eigenvalue weighted by Gasteiger charge is 2.49. The van der Waals surface area contributed by atoms with Crippen LogP contribution in [-0.2, 0) is 9.47 Å². The van der Waals surface area contributed by atoms with Crippen LogP contribution in [0.5, 0.6) is 11.8 Å². The lowest BCUT2D eigenvalue weighted by Crippen LogP contribution is -2.53. The molecule has 244 valence electrons. The number of rotatable bonds is 1. The van der Waals surface area contributed by atoms with E-state index in [1.54, 1.807) is 0 Å². The van der Waals surface area contributed by atoms with Crippen molar-refractivity contribution in [1.29, 1.82) is 0 Å². The summed E-state index contributed by atoms with van der Waals surface area (Å²) in [5.74, 6) is 1.41. The molecule has 0 radical (unpaired) electrons. The van der Waals surface area contributed by atoms with Crippen molar-refractivity contribution < 1.29 is 28.1 Å². The third-order valence-electron chi connectivity index (χ3n) is 10.00. The van der Waals surface area contributed by atoms with E-state index in [2.05, 4.69) is 31.0 Å². The lowest BCUT2D eigenvalue weighted by atomic mass is 9.94. The number of piperazine rings is 1. The Balaban J connectivity index is 1.27. The van der Waals surface area contributed by atoms with E-state index in [9.17, 15) is 9.50 Å². The lowest BCUT2D eigenvalue weighted by molar-refractivity contribution is 0.0326. The van der Waals surface area contributed by atoms with Gasteiger partial charge in [-0.15, -0.1) is 6.42 Å². The van der Waals surface area contributed by atoms with E-state index in [0.29, 0.717) is 62.7 Å². The first-order valence-electron chi connectivity index (χ1n) is 16.3. The van der Waals surface area contributed by atoms with Gasteiger partial charge in [-0.1, -0.05) is 12.0 Å². The Morgan fingerprint density at radius 2 is 2.02 bits per heavy atom. The number of aromatic hydroxyl groups is 1. The zero-order valence-corrected chi connectivity index (χ0v) is 26.0. The number of fused-ring (bicyclic) bond motifs is 9. The number of nitrogens with zero attached hydrogens (tertiary/aromatic N) is 5. The van der Waals surface area contributed by atoms with Crippen LogP contribution in [0.2, 0.25) is 0 Å². The standard InChI is InChI=1S/C35H36F2N6O4/c1-2-25-28(36)6-5-21-13-23(44)14-26(29(21)25)31-30(37)32-27(16-39-31)33-41-34(40-32)47-20-35-7-3-9-43(35)18-24(15-35)46-12-4-11-45-19-22-17-42(33)10-8-38-22/h1,5-6,13-14,16,22,24,38,44H,3-4,7-12,15,17-20H2. The molecule has 2 aromatic heterocycles. The SMILES string of the molecule is C#Cc1c(F)ccc2cc(O)cc(-c3ncc4c5nc(nc4c3F)OCC34CCCN3CC(C4)OCCCOCC3CN5CCN3)c12. The average Bonchev–Trinajstić information content (AvgIpc) is 3.62. The van der Waals surface area contributed by atoms with Crippen LogP contribution in [0, 0.1) is 24.0 Å². The number of ether oxygens (including phenoxy) is 3. The molecule has 4 aromatic rings. The number of nitrogens with one attached hydrogen (secondary N) is 1. The monoisotopic (exact) mass is 642 g/mol. The summed E-state index contributed by atoms with van der Waals surface area (Å²) < 4.78 is 50.4. The van der Waals surface area contributed by atoms with E-state index in [1.165, 1.54) is 30.5 Å². The molecule has 10 nitrogen and oxygen atoms in total. The van der Waals surface area contributed by atoms with Gasteiger partial charge in [-0.3, -0.25) is 9.88 Å². The lowest BCUT2D eigenvalue weighted by Gasteiger charge is -2.35. The Hall–Kier alpha value is -4.15. The summed E-state index contributed by atoms with van der Waals surface area (Å²) in [5.41, 5.74) is -0.174. The average molecular weight is 643 g/mol. The molecule has 1 spiro atoms. The molecule has 0 amide bonds. The van der Waals surface area contributed by atoms with Gasteiger partial charge >= 0.3 is 6.01 Å². The van der Waals surface area contributed by atoms with Crippen molar-refractivity contribution in [3.05, 3.63) is 47.7 Å². The Morgan fingerprint density at radius 3 is 2.91 bits per heavy atom. The molecule has 4 aliphatic rings. The molecule has 2 N–H and O–H groups in total. The smallest absolute Gasteiger partial charge is 0.319 e. The highest BCUT2D eigenvalue weighted by molar-refractivity contribution is 6.03. The normalized spacial score (nSPS) is 25.3. The fourth-order valence-electron chi connectivity index (χ4n) is 7.81. The first-order valence-corrected chi connectivity index (χ1v) is 16.3. The molecule has 3 unspecified atom stereocenters. The summed E-state index contributed by atoms with van der Waals surface area (Å²) in [6.07, 6.45) is 11.0. The predicted molar refractivity (Wildman–Crippen MR) is 173 cm³/mol. The number of phenolic OH excluding ortho intramolecular Hbond substituents is 1. The van der Waals surface area contributed by atoms with Crippen molar-refractivity contribution in [2.24, 2.45) is 0 Å². The van der Waals surface area contributed by atoms with Crippen LogP contribution in [0.15, 0.2) is 30.5 Å². The largest absolute Gasteiger partial charge is 0.508 e. The number of benzene rings is 2. The second kappa shape index (κ2) is 12.1. The molecule has 0 aliphatic carbocycles. The summed E-state index contributed by atoms with van der Waals surface area (Å²) in [6.45, 7) is 5.82. The second-order valence-electron chi connectivity index (χ2n) is 13.0. The summed E-state index contributed by atoms with van der Waals surface area (Å²) in [6, 6.07) is 5.63. The summed E-state index contributed by atoms with van der Waals surface area (Å²) in [7, 11) is 0. The molecule has 3 saturated heterocycles. The summed E-state index contributed by atoms with van der Waals surface area (Å²) >= 11 is 0. The van der Waals surface area contributed by atoms with E-state index < -0.39 is 11.6 Å². The Kier molecular flexibility index (Phi) is 7.80. The van der Waals surface area contributed by atoms with Crippen LogP contribution in [0.25, 0.3) is 32.9 Å². The molecule has 2 aromatic carbocycles. The number of hydrogen-bond donors (Lipinski definition) is 2. The van der Waals surface area contributed by atoms with Gasteiger partial charge in [0.2, 0.25) is 0 Å². The van der Waals surface area contributed by atoms with Crippen molar-refractivity contribution >= 4 is 27.5 Å². The minimum Gasteiger partial charge on any atom is -0.508 e. The van der Waals surface area contributed by atoms with Crippen LogP contribution in [-0.4, -0.2) is 102 Å². The second-order valence-corrected chi connectivity index (χ2v) is 13.0. The number of anilines is 1. The number of terminal acetylenes is 1. The third-order valence-corrected chi connectivity index (χ3v) is 10.00.